The first-order chi connectivity index (χ1) is 18.9. The van der Waals surface area contributed by atoms with Gasteiger partial charge in [-0.05, 0) is 45.5 Å². The highest BCUT2D eigenvalue weighted by atomic mass is 16.5. The minimum absolute atomic E-state index is 0.139. The SMILES string of the molecule is CC1(C=O)COC1.CN1CCCC(c2nc(-c3ccc(C(=O)Nc4cnccn4)cc3)c3c(N)nccn23)C1. The van der Waals surface area contributed by atoms with Crippen LogP contribution in [0.5, 0.6) is 0 Å². The number of aldehydes is 1. The van der Waals surface area contributed by atoms with Gasteiger partial charge in [0.2, 0.25) is 0 Å². The third kappa shape index (κ3) is 5.79. The van der Waals surface area contributed by atoms with Crippen LogP contribution in [0.1, 0.15) is 41.9 Å². The fourth-order valence-corrected chi connectivity index (χ4v) is 4.78. The second kappa shape index (κ2) is 11.3. The van der Waals surface area contributed by atoms with Gasteiger partial charge in [-0.2, -0.15) is 0 Å². The molecular formula is C28H32N8O3. The maximum Gasteiger partial charge on any atom is 0.256 e. The Kier molecular flexibility index (Phi) is 7.62. The number of carbonyl (C=O) groups is 2. The van der Waals surface area contributed by atoms with E-state index in [0.717, 1.165) is 54.8 Å². The zero-order valence-corrected chi connectivity index (χ0v) is 22.1. The number of nitrogens with zero attached hydrogens (tertiary/aromatic N) is 6. The molecule has 6 rings (SSSR count). The number of fused-ring (bicyclic) bond motifs is 1. The van der Waals surface area contributed by atoms with Gasteiger partial charge in [-0.3, -0.25) is 14.2 Å². The number of aromatic nitrogens is 5. The quantitative estimate of drug-likeness (QED) is 0.374. The molecule has 202 valence electrons. The molecule has 3 N–H and O–H groups in total. The van der Waals surface area contributed by atoms with Crippen molar-refractivity contribution in [3.05, 3.63) is 66.6 Å². The van der Waals surface area contributed by atoms with Crippen LogP contribution in [0.25, 0.3) is 16.8 Å². The van der Waals surface area contributed by atoms with E-state index in [9.17, 15) is 9.59 Å². The van der Waals surface area contributed by atoms with Crippen molar-refractivity contribution in [2.24, 2.45) is 5.41 Å². The minimum atomic E-state index is -0.251. The highest BCUT2D eigenvalue weighted by Crippen LogP contribution is 2.33. The lowest BCUT2D eigenvalue weighted by molar-refractivity contribution is -0.141. The van der Waals surface area contributed by atoms with Gasteiger partial charge >= 0.3 is 0 Å². The van der Waals surface area contributed by atoms with Crippen molar-refractivity contribution in [3.8, 4) is 11.3 Å². The van der Waals surface area contributed by atoms with Gasteiger partial charge in [-0.25, -0.2) is 15.0 Å². The summed E-state index contributed by atoms with van der Waals surface area (Å²) in [5.41, 5.74) is 9.11. The number of piperidine rings is 1. The molecule has 3 aromatic heterocycles. The first kappa shape index (κ1) is 26.4. The lowest BCUT2D eigenvalue weighted by atomic mass is 9.91. The van der Waals surface area contributed by atoms with Crippen LogP contribution in [0.3, 0.4) is 0 Å². The van der Waals surface area contributed by atoms with Crippen LogP contribution in [0.15, 0.2) is 55.2 Å². The second-order valence-electron chi connectivity index (χ2n) is 10.3. The number of rotatable bonds is 5. The Morgan fingerprint density at radius 1 is 1.18 bits per heavy atom. The van der Waals surface area contributed by atoms with Crippen molar-refractivity contribution in [1.29, 1.82) is 0 Å². The van der Waals surface area contributed by atoms with Crippen molar-refractivity contribution in [2.75, 3.05) is 44.4 Å². The highest BCUT2D eigenvalue weighted by molar-refractivity contribution is 6.04. The average molecular weight is 529 g/mol. The van der Waals surface area contributed by atoms with Gasteiger partial charge in [-0.1, -0.05) is 12.1 Å². The summed E-state index contributed by atoms with van der Waals surface area (Å²) in [4.78, 5) is 42.2. The predicted molar refractivity (Wildman–Crippen MR) is 147 cm³/mol. The topological polar surface area (TPSA) is 141 Å². The molecule has 2 aliphatic rings. The molecule has 0 bridgehead atoms. The zero-order valence-electron chi connectivity index (χ0n) is 22.1. The summed E-state index contributed by atoms with van der Waals surface area (Å²) >= 11 is 0. The van der Waals surface area contributed by atoms with Crippen LogP contribution in [0.2, 0.25) is 0 Å². The van der Waals surface area contributed by atoms with Crippen molar-refractivity contribution < 1.29 is 14.3 Å². The number of ether oxygens (including phenoxy) is 1. The number of hydrogen-bond acceptors (Lipinski definition) is 9. The Balaban J connectivity index is 0.000000384. The number of nitrogens with one attached hydrogen (secondary N) is 1. The third-order valence-electron chi connectivity index (χ3n) is 6.97. The number of nitrogens with two attached hydrogens (primary N) is 1. The molecule has 0 radical (unpaired) electrons. The normalized spacial score (nSPS) is 18.5. The largest absolute Gasteiger partial charge is 0.382 e. The molecule has 11 heteroatoms. The molecule has 0 saturated carbocycles. The average Bonchev–Trinajstić information content (AvgIpc) is 3.34. The molecule has 1 aromatic carbocycles. The van der Waals surface area contributed by atoms with Crippen molar-refractivity contribution in [1.82, 2.24) is 29.2 Å². The molecular weight excluding hydrogens is 496 g/mol. The summed E-state index contributed by atoms with van der Waals surface area (Å²) in [6.45, 7) is 5.17. The Morgan fingerprint density at radius 3 is 2.59 bits per heavy atom. The summed E-state index contributed by atoms with van der Waals surface area (Å²) in [6, 6.07) is 7.31. The van der Waals surface area contributed by atoms with Gasteiger partial charge in [0.15, 0.2) is 5.82 Å². The molecule has 2 fully saturated rings. The number of carbonyl (C=O) groups excluding carboxylic acids is 2. The van der Waals surface area contributed by atoms with Gasteiger partial charge in [0.1, 0.15) is 29.1 Å². The van der Waals surface area contributed by atoms with E-state index in [2.05, 4.69) is 36.6 Å². The predicted octanol–water partition coefficient (Wildman–Crippen LogP) is 3.05. The summed E-state index contributed by atoms with van der Waals surface area (Å²) < 4.78 is 6.86. The van der Waals surface area contributed by atoms with Gasteiger partial charge in [-0.15, -0.1) is 0 Å². The zero-order chi connectivity index (χ0) is 27.4. The van der Waals surface area contributed by atoms with E-state index < -0.39 is 0 Å². The molecule has 39 heavy (non-hydrogen) atoms. The van der Waals surface area contributed by atoms with E-state index in [1.54, 1.807) is 24.5 Å². The molecule has 1 unspecified atom stereocenters. The number of anilines is 2. The fraction of sp³-hybridized carbons (Fsp3) is 0.357. The lowest BCUT2D eigenvalue weighted by Crippen LogP contribution is -2.40. The maximum atomic E-state index is 12.5. The second-order valence-corrected chi connectivity index (χ2v) is 10.3. The number of likely N-dealkylation sites (tertiary alicyclic amines) is 1. The van der Waals surface area contributed by atoms with Gasteiger partial charge in [0.05, 0.1) is 24.8 Å². The fourth-order valence-electron chi connectivity index (χ4n) is 4.78. The summed E-state index contributed by atoms with van der Waals surface area (Å²) in [5, 5.41) is 2.74. The molecule has 1 amide bonds. The van der Waals surface area contributed by atoms with E-state index in [0.29, 0.717) is 36.3 Å². The van der Waals surface area contributed by atoms with Crippen molar-refractivity contribution in [2.45, 2.75) is 25.7 Å². The van der Waals surface area contributed by atoms with Crippen molar-refractivity contribution >= 4 is 29.3 Å². The summed E-state index contributed by atoms with van der Waals surface area (Å²) in [6.07, 6.45) is 11.4. The van der Waals surface area contributed by atoms with E-state index >= 15 is 0 Å². The third-order valence-corrected chi connectivity index (χ3v) is 6.97. The molecule has 11 nitrogen and oxygen atoms in total. The summed E-state index contributed by atoms with van der Waals surface area (Å²) in [7, 11) is 2.14. The van der Waals surface area contributed by atoms with Crippen LogP contribution in [0, 0.1) is 5.41 Å². The van der Waals surface area contributed by atoms with Gasteiger partial charge in [0, 0.05) is 48.4 Å². The minimum Gasteiger partial charge on any atom is -0.382 e. The van der Waals surface area contributed by atoms with Crippen LogP contribution in [-0.2, 0) is 9.53 Å². The number of amides is 1. The standard InChI is InChI=1S/C23H24N8O.C5H8O2/c1-30-11-2-3-17(14-30)22-29-19(20-21(24)27-10-12-31(20)22)15-4-6-16(7-5-15)23(32)28-18-13-25-8-9-26-18;1-5(2-6)3-7-4-5/h4-10,12-13,17H,2-3,11,14H2,1H3,(H2,24,27)(H,26,28,32);2H,3-4H2,1H3. The maximum absolute atomic E-state index is 12.5. The monoisotopic (exact) mass is 528 g/mol. The first-order valence-electron chi connectivity index (χ1n) is 12.9. The molecule has 0 aliphatic carbocycles. The van der Waals surface area contributed by atoms with Gasteiger partial charge < -0.3 is 25.5 Å². The van der Waals surface area contributed by atoms with E-state index in [1.807, 2.05) is 25.3 Å². The number of hydrogen-bond donors (Lipinski definition) is 2. The number of likely N-dealkylation sites (N-methyl/N-ethyl adjacent to an activating group) is 1. The molecule has 2 aliphatic heterocycles. The highest BCUT2D eigenvalue weighted by Gasteiger charge is 2.32. The van der Waals surface area contributed by atoms with Crippen LogP contribution < -0.4 is 11.1 Å². The Labute approximate surface area is 226 Å². The number of nitrogen functional groups attached to an aromatic ring is 1. The number of benzene rings is 1. The number of imidazole rings is 1. The van der Waals surface area contributed by atoms with E-state index in [1.165, 1.54) is 12.4 Å². The van der Waals surface area contributed by atoms with Crippen LogP contribution in [-0.4, -0.2) is 74.8 Å². The lowest BCUT2D eigenvalue weighted by Gasteiger charge is -2.31. The van der Waals surface area contributed by atoms with Gasteiger partial charge in [0.25, 0.3) is 5.91 Å². The van der Waals surface area contributed by atoms with Crippen LogP contribution in [0.4, 0.5) is 11.6 Å². The summed E-state index contributed by atoms with van der Waals surface area (Å²) in [5.74, 6) is 1.92. The molecule has 4 aromatic rings. The van der Waals surface area contributed by atoms with Crippen molar-refractivity contribution in [3.63, 3.8) is 0 Å². The smallest absolute Gasteiger partial charge is 0.256 e. The van der Waals surface area contributed by atoms with Crippen LogP contribution >= 0.6 is 0 Å². The first-order valence-corrected chi connectivity index (χ1v) is 12.9. The molecule has 2 saturated heterocycles. The van der Waals surface area contributed by atoms with E-state index in [-0.39, 0.29) is 11.3 Å². The molecule has 0 spiro atoms. The Hall–Kier alpha value is -4.22. The molecule has 5 heterocycles. The Morgan fingerprint density at radius 2 is 1.97 bits per heavy atom. The van der Waals surface area contributed by atoms with E-state index in [4.69, 9.17) is 15.5 Å². The Bertz CT molecular complexity index is 1450. The molecule has 1 atom stereocenters.